The van der Waals surface area contributed by atoms with Crippen LogP contribution in [0.2, 0.25) is 0 Å². The molecule has 24 heavy (non-hydrogen) atoms. The Morgan fingerprint density at radius 3 is 2.58 bits per heavy atom. The molecule has 0 radical (unpaired) electrons. The van der Waals surface area contributed by atoms with E-state index in [1.54, 1.807) is 0 Å². The molecule has 6 nitrogen and oxygen atoms in total. The summed E-state index contributed by atoms with van der Waals surface area (Å²) in [7, 11) is 0. The van der Waals surface area contributed by atoms with Gasteiger partial charge in [0.1, 0.15) is 5.76 Å². The van der Waals surface area contributed by atoms with Crippen molar-refractivity contribution >= 4 is 17.7 Å². The van der Waals surface area contributed by atoms with Crippen LogP contribution in [0.3, 0.4) is 0 Å². The highest BCUT2D eigenvalue weighted by Gasteiger charge is 2.21. The molecule has 3 heterocycles. The van der Waals surface area contributed by atoms with E-state index in [1.807, 2.05) is 25.6 Å². The first kappa shape index (κ1) is 17.6. The highest BCUT2D eigenvalue weighted by molar-refractivity contribution is 7.99. The number of aryl methyl sites for hydroxylation is 2. The van der Waals surface area contributed by atoms with E-state index in [0.29, 0.717) is 5.92 Å². The van der Waals surface area contributed by atoms with Crippen molar-refractivity contribution in [3.05, 3.63) is 17.3 Å². The number of oxazole rings is 1. The molecule has 2 saturated heterocycles. The topological polar surface area (TPSA) is 70.9 Å². The Morgan fingerprint density at radius 2 is 1.96 bits per heavy atom. The lowest BCUT2D eigenvalue weighted by atomic mass is 9.97. The van der Waals surface area contributed by atoms with Crippen molar-refractivity contribution in [1.29, 1.82) is 0 Å². The first-order valence-corrected chi connectivity index (χ1v) is 10.0. The van der Waals surface area contributed by atoms with E-state index in [1.165, 1.54) is 12.8 Å². The molecule has 0 aliphatic carbocycles. The minimum absolute atomic E-state index is 0.645. The van der Waals surface area contributed by atoms with E-state index in [9.17, 15) is 0 Å². The van der Waals surface area contributed by atoms with Crippen LogP contribution in [0.25, 0.3) is 0 Å². The lowest BCUT2D eigenvalue weighted by molar-refractivity contribution is 0.166. The quantitative estimate of drug-likeness (QED) is 0.660. The zero-order chi connectivity index (χ0) is 16.9. The maximum absolute atomic E-state index is 6.15. The Morgan fingerprint density at radius 1 is 1.25 bits per heavy atom. The summed E-state index contributed by atoms with van der Waals surface area (Å²) in [6.07, 6.45) is 2.34. The van der Waals surface area contributed by atoms with Crippen LogP contribution in [0.4, 0.5) is 0 Å². The molecule has 1 aromatic heterocycles. The second-order valence-corrected chi connectivity index (χ2v) is 7.99. The molecule has 7 heteroatoms. The molecule has 1 aromatic rings. The summed E-state index contributed by atoms with van der Waals surface area (Å²) in [6, 6.07) is 0. The number of guanidine groups is 1. The second-order valence-electron chi connectivity index (χ2n) is 6.77. The van der Waals surface area contributed by atoms with Crippen molar-refractivity contribution in [3.63, 3.8) is 0 Å². The molecule has 134 valence electrons. The monoisotopic (exact) mass is 351 g/mol. The third kappa shape index (κ3) is 4.66. The predicted octanol–water partition coefficient (Wildman–Crippen LogP) is 1.87. The van der Waals surface area contributed by atoms with E-state index in [-0.39, 0.29) is 0 Å². The molecule has 3 rings (SSSR count). The molecule has 0 amide bonds. The Labute approximate surface area is 148 Å². The molecular weight excluding hydrogens is 322 g/mol. The molecular formula is C17H29N5OS. The Bertz CT molecular complexity index is 540. The zero-order valence-corrected chi connectivity index (χ0v) is 15.6. The number of hydrogen-bond donors (Lipinski definition) is 1. The molecule has 0 bridgehead atoms. The van der Waals surface area contributed by atoms with Gasteiger partial charge in [-0.15, -0.1) is 0 Å². The number of nitrogens with zero attached hydrogens (tertiary/aromatic N) is 4. The lowest BCUT2D eigenvalue weighted by Crippen LogP contribution is -2.43. The van der Waals surface area contributed by atoms with Crippen molar-refractivity contribution in [2.75, 3.05) is 44.2 Å². The van der Waals surface area contributed by atoms with Gasteiger partial charge in [0.15, 0.2) is 5.96 Å². The number of aromatic nitrogens is 1. The van der Waals surface area contributed by atoms with Gasteiger partial charge in [0.2, 0.25) is 5.89 Å². The zero-order valence-electron chi connectivity index (χ0n) is 14.8. The smallest absolute Gasteiger partial charge is 0.208 e. The van der Waals surface area contributed by atoms with Crippen molar-refractivity contribution in [2.24, 2.45) is 16.6 Å². The van der Waals surface area contributed by atoms with Gasteiger partial charge >= 0.3 is 0 Å². The fraction of sp³-hybridized carbons (Fsp3) is 0.765. The van der Waals surface area contributed by atoms with E-state index >= 15 is 0 Å². The minimum Gasteiger partial charge on any atom is -0.444 e. The Hall–Kier alpha value is -1.21. The SMILES string of the molecule is Cc1nc(CN2CCC(CN=C(N)N3CCSCC3)CC2)oc1C. The normalized spacial score (nSPS) is 21.4. The largest absolute Gasteiger partial charge is 0.444 e. The van der Waals surface area contributed by atoms with E-state index in [2.05, 4.69) is 19.8 Å². The fourth-order valence-electron chi connectivity index (χ4n) is 3.24. The summed E-state index contributed by atoms with van der Waals surface area (Å²) in [4.78, 5) is 13.8. The van der Waals surface area contributed by atoms with Gasteiger partial charge < -0.3 is 15.1 Å². The average Bonchev–Trinajstić information content (AvgIpc) is 2.92. The summed E-state index contributed by atoms with van der Waals surface area (Å²) in [5.41, 5.74) is 7.15. The summed E-state index contributed by atoms with van der Waals surface area (Å²) in [5, 5.41) is 0. The second kappa shape index (κ2) is 8.25. The van der Waals surface area contributed by atoms with Gasteiger partial charge in [0.25, 0.3) is 0 Å². The maximum atomic E-state index is 6.15. The van der Waals surface area contributed by atoms with E-state index in [0.717, 1.165) is 74.1 Å². The van der Waals surface area contributed by atoms with Crippen molar-refractivity contribution in [2.45, 2.75) is 33.2 Å². The minimum atomic E-state index is 0.645. The standard InChI is InChI=1S/C17H29N5OS/c1-13-14(2)23-16(20-13)12-21-5-3-15(4-6-21)11-19-17(18)22-7-9-24-10-8-22/h15H,3-12H2,1-2H3,(H2,18,19). The van der Waals surface area contributed by atoms with Crippen LogP contribution in [0.15, 0.2) is 9.41 Å². The van der Waals surface area contributed by atoms with Crippen molar-refractivity contribution < 1.29 is 4.42 Å². The van der Waals surface area contributed by atoms with Gasteiger partial charge in [-0.25, -0.2) is 4.98 Å². The Kier molecular flexibility index (Phi) is 6.05. The third-order valence-corrected chi connectivity index (χ3v) is 5.93. The molecule has 0 aromatic carbocycles. The molecule has 0 atom stereocenters. The summed E-state index contributed by atoms with van der Waals surface area (Å²) in [6.45, 7) is 9.89. The van der Waals surface area contributed by atoms with E-state index < -0.39 is 0 Å². The molecule has 2 aliphatic rings. The van der Waals surface area contributed by atoms with Crippen molar-refractivity contribution in [3.8, 4) is 0 Å². The predicted molar refractivity (Wildman–Crippen MR) is 99.4 cm³/mol. The molecule has 2 fully saturated rings. The van der Waals surface area contributed by atoms with Gasteiger partial charge in [-0.05, 0) is 45.7 Å². The number of piperidine rings is 1. The van der Waals surface area contributed by atoms with Crippen LogP contribution in [0.1, 0.15) is 30.2 Å². The average molecular weight is 352 g/mol. The number of nitrogens with two attached hydrogens (primary N) is 1. The molecule has 2 N–H and O–H groups in total. The van der Waals surface area contributed by atoms with Gasteiger partial charge in [-0.1, -0.05) is 0 Å². The van der Waals surface area contributed by atoms with Gasteiger partial charge in [0, 0.05) is 31.1 Å². The van der Waals surface area contributed by atoms with Gasteiger partial charge in [-0.3, -0.25) is 9.89 Å². The summed E-state index contributed by atoms with van der Waals surface area (Å²) in [5.74, 6) is 5.48. The van der Waals surface area contributed by atoms with Crippen LogP contribution < -0.4 is 5.73 Å². The van der Waals surface area contributed by atoms with E-state index in [4.69, 9.17) is 10.2 Å². The van der Waals surface area contributed by atoms with Crippen LogP contribution in [-0.2, 0) is 6.54 Å². The molecule has 0 unspecified atom stereocenters. The lowest BCUT2D eigenvalue weighted by Gasteiger charge is -2.31. The van der Waals surface area contributed by atoms with Crippen molar-refractivity contribution in [1.82, 2.24) is 14.8 Å². The first-order chi connectivity index (χ1) is 11.6. The highest BCUT2D eigenvalue weighted by Crippen LogP contribution is 2.20. The fourth-order valence-corrected chi connectivity index (χ4v) is 4.14. The van der Waals surface area contributed by atoms with Crippen LogP contribution in [-0.4, -0.2) is 65.0 Å². The molecule has 0 saturated carbocycles. The molecule has 0 spiro atoms. The Balaban J connectivity index is 1.41. The van der Waals surface area contributed by atoms with Crippen LogP contribution in [0, 0.1) is 19.8 Å². The number of hydrogen-bond acceptors (Lipinski definition) is 5. The number of likely N-dealkylation sites (tertiary alicyclic amines) is 1. The maximum Gasteiger partial charge on any atom is 0.208 e. The first-order valence-electron chi connectivity index (χ1n) is 8.89. The van der Waals surface area contributed by atoms with Crippen LogP contribution in [0.5, 0.6) is 0 Å². The van der Waals surface area contributed by atoms with Gasteiger partial charge in [-0.2, -0.15) is 11.8 Å². The summed E-state index contributed by atoms with van der Waals surface area (Å²) < 4.78 is 5.69. The molecule has 2 aliphatic heterocycles. The van der Waals surface area contributed by atoms with Gasteiger partial charge in [0.05, 0.1) is 12.2 Å². The highest BCUT2D eigenvalue weighted by atomic mass is 32.2. The number of thioether (sulfide) groups is 1. The number of rotatable bonds is 4. The van der Waals surface area contributed by atoms with Crippen LogP contribution >= 0.6 is 11.8 Å². The number of aliphatic imine (C=N–C) groups is 1. The summed E-state index contributed by atoms with van der Waals surface area (Å²) >= 11 is 1.99. The third-order valence-electron chi connectivity index (χ3n) is 4.99.